The molecule has 0 saturated heterocycles. The van der Waals surface area contributed by atoms with Gasteiger partial charge in [-0.15, -0.1) is 0 Å². The highest BCUT2D eigenvalue weighted by Crippen LogP contribution is 2.38. The summed E-state index contributed by atoms with van der Waals surface area (Å²) in [6, 6.07) is 0. The van der Waals surface area contributed by atoms with Crippen LogP contribution < -0.4 is 0 Å². The zero-order valence-corrected chi connectivity index (χ0v) is 5.92. The summed E-state index contributed by atoms with van der Waals surface area (Å²) in [4.78, 5) is 11.2. The lowest BCUT2D eigenvalue weighted by Gasteiger charge is -2.22. The Kier molecular flexibility index (Phi) is 1.31. The maximum atomic E-state index is 11.2. The standard InChI is InChI=1S/C8H12O2/c9-7-4-2-5-1-3-6(7)8(5)10/h5-7,9H,1-4H2. The van der Waals surface area contributed by atoms with Crippen molar-refractivity contribution >= 4 is 5.78 Å². The van der Waals surface area contributed by atoms with Gasteiger partial charge in [0.25, 0.3) is 0 Å². The molecule has 0 radical (unpaired) electrons. The highest BCUT2D eigenvalue weighted by Gasteiger charge is 2.42. The molecule has 2 heteroatoms. The molecule has 1 N–H and O–H groups in total. The Hall–Kier alpha value is -0.370. The van der Waals surface area contributed by atoms with E-state index in [9.17, 15) is 9.90 Å². The summed E-state index contributed by atoms with van der Waals surface area (Å²) in [6.45, 7) is 0. The minimum absolute atomic E-state index is 0.0127. The predicted octanol–water partition coefficient (Wildman–Crippen LogP) is 0.736. The summed E-state index contributed by atoms with van der Waals surface area (Å²) < 4.78 is 0. The van der Waals surface area contributed by atoms with Crippen LogP contribution in [0.1, 0.15) is 25.7 Å². The Morgan fingerprint density at radius 1 is 1.20 bits per heavy atom. The van der Waals surface area contributed by atoms with Crippen LogP contribution in [0, 0.1) is 11.8 Å². The number of Topliss-reactive ketones (excluding diaryl/α,β-unsaturated/α-hetero) is 1. The molecule has 2 aliphatic carbocycles. The number of carbonyl (C=O) groups is 1. The van der Waals surface area contributed by atoms with Crippen molar-refractivity contribution in [3.05, 3.63) is 0 Å². The van der Waals surface area contributed by atoms with Crippen molar-refractivity contribution in [1.29, 1.82) is 0 Å². The van der Waals surface area contributed by atoms with E-state index in [0.29, 0.717) is 11.7 Å². The Labute approximate surface area is 60.2 Å². The quantitative estimate of drug-likeness (QED) is 0.538. The molecule has 0 amide bonds. The third kappa shape index (κ3) is 0.717. The van der Waals surface area contributed by atoms with Crippen molar-refractivity contribution in [2.75, 3.05) is 0 Å². The molecule has 2 rings (SSSR count). The highest BCUT2D eigenvalue weighted by atomic mass is 16.3. The van der Waals surface area contributed by atoms with Crippen LogP contribution in [-0.4, -0.2) is 17.0 Å². The minimum atomic E-state index is -0.314. The van der Waals surface area contributed by atoms with Gasteiger partial charge in [0, 0.05) is 11.8 Å². The van der Waals surface area contributed by atoms with E-state index in [-0.39, 0.29) is 12.0 Å². The lowest BCUT2D eigenvalue weighted by molar-refractivity contribution is -0.129. The third-order valence-electron chi connectivity index (χ3n) is 2.87. The van der Waals surface area contributed by atoms with Gasteiger partial charge in [-0.05, 0) is 25.7 Å². The molecular formula is C8H12O2. The second kappa shape index (κ2) is 2.06. The van der Waals surface area contributed by atoms with E-state index in [2.05, 4.69) is 0 Å². The Balaban J connectivity index is 2.20. The zero-order chi connectivity index (χ0) is 7.14. The molecule has 3 unspecified atom stereocenters. The van der Waals surface area contributed by atoms with E-state index in [0.717, 1.165) is 25.7 Å². The first kappa shape index (κ1) is 6.35. The van der Waals surface area contributed by atoms with Crippen molar-refractivity contribution in [2.24, 2.45) is 11.8 Å². The van der Waals surface area contributed by atoms with E-state index in [1.807, 2.05) is 0 Å². The normalized spacial score (nSPS) is 46.1. The molecule has 2 bridgehead atoms. The smallest absolute Gasteiger partial charge is 0.141 e. The van der Waals surface area contributed by atoms with Crippen molar-refractivity contribution < 1.29 is 9.90 Å². The molecule has 0 aliphatic heterocycles. The van der Waals surface area contributed by atoms with Crippen molar-refractivity contribution in [3.63, 3.8) is 0 Å². The monoisotopic (exact) mass is 140 g/mol. The fourth-order valence-corrected chi connectivity index (χ4v) is 2.21. The summed E-state index contributed by atoms with van der Waals surface area (Å²) in [5.74, 6) is 0.658. The molecular weight excluding hydrogens is 128 g/mol. The fourth-order valence-electron chi connectivity index (χ4n) is 2.21. The molecule has 0 aromatic carbocycles. The maximum absolute atomic E-state index is 11.2. The van der Waals surface area contributed by atoms with Crippen LogP contribution >= 0.6 is 0 Å². The van der Waals surface area contributed by atoms with Crippen LogP contribution in [0.2, 0.25) is 0 Å². The van der Waals surface area contributed by atoms with Gasteiger partial charge in [-0.25, -0.2) is 0 Å². The van der Waals surface area contributed by atoms with E-state index < -0.39 is 0 Å². The average Bonchev–Trinajstić information content (AvgIpc) is 2.13. The Bertz CT molecular complexity index is 165. The largest absolute Gasteiger partial charge is 0.392 e. The van der Waals surface area contributed by atoms with E-state index >= 15 is 0 Å². The van der Waals surface area contributed by atoms with Crippen LogP contribution in [0.3, 0.4) is 0 Å². The molecule has 0 aromatic heterocycles. The van der Waals surface area contributed by atoms with E-state index in [1.54, 1.807) is 0 Å². The molecule has 2 aliphatic rings. The number of ketones is 1. The van der Waals surface area contributed by atoms with Gasteiger partial charge in [-0.1, -0.05) is 0 Å². The van der Waals surface area contributed by atoms with Crippen LogP contribution in [-0.2, 0) is 4.79 Å². The highest BCUT2D eigenvalue weighted by molar-refractivity contribution is 5.86. The van der Waals surface area contributed by atoms with Crippen molar-refractivity contribution in [2.45, 2.75) is 31.8 Å². The number of aliphatic hydroxyl groups excluding tert-OH is 1. The molecule has 56 valence electrons. The van der Waals surface area contributed by atoms with Gasteiger partial charge in [0.05, 0.1) is 6.10 Å². The zero-order valence-electron chi connectivity index (χ0n) is 5.92. The lowest BCUT2D eigenvalue weighted by Crippen LogP contribution is -2.31. The van der Waals surface area contributed by atoms with Gasteiger partial charge in [0.15, 0.2) is 0 Å². The topological polar surface area (TPSA) is 37.3 Å². The van der Waals surface area contributed by atoms with Crippen LogP contribution in [0.15, 0.2) is 0 Å². The molecule has 0 heterocycles. The summed E-state index contributed by atoms with van der Waals surface area (Å²) in [6.07, 6.45) is 3.43. The summed E-state index contributed by atoms with van der Waals surface area (Å²) in [7, 11) is 0. The first-order valence-electron chi connectivity index (χ1n) is 4.01. The molecule has 2 fully saturated rings. The van der Waals surface area contributed by atoms with Crippen molar-refractivity contribution in [1.82, 2.24) is 0 Å². The van der Waals surface area contributed by atoms with Crippen LogP contribution in [0.4, 0.5) is 0 Å². The van der Waals surface area contributed by atoms with Gasteiger partial charge in [-0.3, -0.25) is 4.79 Å². The number of rotatable bonds is 0. The molecule has 0 aromatic rings. The van der Waals surface area contributed by atoms with Gasteiger partial charge >= 0.3 is 0 Å². The van der Waals surface area contributed by atoms with Crippen LogP contribution in [0.5, 0.6) is 0 Å². The van der Waals surface area contributed by atoms with Gasteiger partial charge < -0.3 is 5.11 Å². The number of hydrogen-bond acceptors (Lipinski definition) is 2. The Morgan fingerprint density at radius 3 is 2.60 bits per heavy atom. The van der Waals surface area contributed by atoms with Crippen LogP contribution in [0.25, 0.3) is 0 Å². The Morgan fingerprint density at radius 2 is 1.90 bits per heavy atom. The molecule has 10 heavy (non-hydrogen) atoms. The SMILES string of the molecule is O=C1C2CCC(O)C1CC2. The number of hydrogen-bond donors (Lipinski definition) is 1. The summed E-state index contributed by atoms with van der Waals surface area (Å²) in [5, 5.41) is 9.35. The summed E-state index contributed by atoms with van der Waals surface area (Å²) >= 11 is 0. The maximum Gasteiger partial charge on any atom is 0.141 e. The lowest BCUT2D eigenvalue weighted by atomic mass is 9.86. The van der Waals surface area contributed by atoms with Gasteiger partial charge in [0.1, 0.15) is 5.78 Å². The number of aliphatic hydroxyl groups is 1. The molecule has 2 nitrogen and oxygen atoms in total. The first-order chi connectivity index (χ1) is 4.79. The fraction of sp³-hybridized carbons (Fsp3) is 0.875. The van der Waals surface area contributed by atoms with E-state index in [1.165, 1.54) is 0 Å². The summed E-state index contributed by atoms with van der Waals surface area (Å²) in [5.41, 5.74) is 0. The van der Waals surface area contributed by atoms with Gasteiger partial charge in [0.2, 0.25) is 0 Å². The number of fused-ring (bicyclic) bond motifs is 2. The first-order valence-corrected chi connectivity index (χ1v) is 4.01. The minimum Gasteiger partial charge on any atom is -0.392 e. The van der Waals surface area contributed by atoms with Crippen molar-refractivity contribution in [3.8, 4) is 0 Å². The molecule has 0 spiro atoms. The predicted molar refractivity (Wildman–Crippen MR) is 36.5 cm³/mol. The molecule has 2 saturated carbocycles. The second-order valence-corrected chi connectivity index (χ2v) is 3.43. The van der Waals surface area contributed by atoms with Gasteiger partial charge in [-0.2, -0.15) is 0 Å². The van der Waals surface area contributed by atoms with E-state index in [4.69, 9.17) is 0 Å². The number of carbonyl (C=O) groups excluding carboxylic acids is 1. The second-order valence-electron chi connectivity index (χ2n) is 3.43. The molecule has 3 atom stereocenters. The average molecular weight is 140 g/mol. The third-order valence-corrected chi connectivity index (χ3v) is 2.87.